The molecule has 33 heavy (non-hydrogen) atoms. The van der Waals surface area contributed by atoms with E-state index in [1.54, 1.807) is 36.4 Å². The van der Waals surface area contributed by atoms with Gasteiger partial charge in [0, 0.05) is 17.8 Å². The maximum Gasteiger partial charge on any atom is 0.243 e. The summed E-state index contributed by atoms with van der Waals surface area (Å²) < 4.78 is 33.0. The summed E-state index contributed by atoms with van der Waals surface area (Å²) in [6.45, 7) is 1.19. The number of nitrogens with zero attached hydrogens (tertiary/aromatic N) is 1. The maximum atomic E-state index is 13.3. The van der Waals surface area contributed by atoms with Crippen molar-refractivity contribution >= 4 is 27.4 Å². The third kappa shape index (κ3) is 6.50. The van der Waals surface area contributed by atoms with Gasteiger partial charge in [-0.05, 0) is 55.3 Å². The maximum absolute atomic E-state index is 13.3. The zero-order chi connectivity index (χ0) is 23.8. The van der Waals surface area contributed by atoms with Crippen LogP contribution in [0.25, 0.3) is 0 Å². The first-order valence-corrected chi connectivity index (χ1v) is 11.8. The van der Waals surface area contributed by atoms with E-state index in [0.717, 1.165) is 9.87 Å². The third-order valence-corrected chi connectivity index (χ3v) is 6.92. The molecule has 3 aromatic carbocycles. The van der Waals surface area contributed by atoms with Gasteiger partial charge in [0.2, 0.25) is 15.9 Å². The molecule has 0 radical (unpaired) electrons. The van der Waals surface area contributed by atoms with Crippen LogP contribution in [0, 0.1) is 0 Å². The highest BCUT2D eigenvalue weighted by Gasteiger charge is 2.26. The van der Waals surface area contributed by atoms with Crippen LogP contribution in [0.1, 0.15) is 22.8 Å². The normalized spacial score (nSPS) is 11.2. The first-order valence-electron chi connectivity index (χ1n) is 10.4. The number of nitrogens with one attached hydrogen (secondary N) is 1. The van der Waals surface area contributed by atoms with Gasteiger partial charge in [0.05, 0.1) is 18.6 Å². The number of anilines is 1. The highest BCUT2D eigenvalue weighted by atomic mass is 32.2. The van der Waals surface area contributed by atoms with Crippen molar-refractivity contribution < 1.29 is 22.7 Å². The zero-order valence-electron chi connectivity index (χ0n) is 18.5. The van der Waals surface area contributed by atoms with Crippen molar-refractivity contribution in [2.45, 2.75) is 18.2 Å². The number of ketones is 1. The number of Topliss-reactive ketones (excluding diaryl/α,β-unsaturated/α-hetero) is 1. The predicted molar refractivity (Wildman–Crippen MR) is 127 cm³/mol. The minimum absolute atomic E-state index is 0.0720. The fourth-order valence-corrected chi connectivity index (χ4v) is 4.65. The summed E-state index contributed by atoms with van der Waals surface area (Å²) in [5.41, 5.74) is 1.85. The number of rotatable bonds is 10. The van der Waals surface area contributed by atoms with Gasteiger partial charge >= 0.3 is 0 Å². The van der Waals surface area contributed by atoms with Gasteiger partial charge in [0.25, 0.3) is 0 Å². The van der Waals surface area contributed by atoms with E-state index in [1.807, 2.05) is 30.3 Å². The zero-order valence-corrected chi connectivity index (χ0v) is 19.3. The van der Waals surface area contributed by atoms with Gasteiger partial charge in [0.15, 0.2) is 5.78 Å². The van der Waals surface area contributed by atoms with Gasteiger partial charge in [-0.3, -0.25) is 9.59 Å². The molecule has 0 saturated heterocycles. The van der Waals surface area contributed by atoms with E-state index < -0.39 is 15.9 Å². The van der Waals surface area contributed by atoms with E-state index in [1.165, 1.54) is 26.2 Å². The molecule has 8 heteroatoms. The van der Waals surface area contributed by atoms with Crippen LogP contribution in [-0.2, 0) is 21.2 Å². The number of hydrogen-bond donors (Lipinski definition) is 1. The van der Waals surface area contributed by atoms with Crippen LogP contribution >= 0.6 is 0 Å². The summed E-state index contributed by atoms with van der Waals surface area (Å²) in [4.78, 5) is 24.4. The smallest absolute Gasteiger partial charge is 0.243 e. The molecule has 0 aliphatic carbocycles. The number of hydrogen-bond acceptors (Lipinski definition) is 5. The molecule has 0 bridgehead atoms. The number of benzene rings is 3. The van der Waals surface area contributed by atoms with Crippen LogP contribution < -0.4 is 10.1 Å². The van der Waals surface area contributed by atoms with Crippen molar-refractivity contribution in [1.29, 1.82) is 0 Å². The summed E-state index contributed by atoms with van der Waals surface area (Å²) >= 11 is 0. The van der Waals surface area contributed by atoms with Gasteiger partial charge in [-0.1, -0.05) is 42.5 Å². The first kappa shape index (κ1) is 24.2. The van der Waals surface area contributed by atoms with Gasteiger partial charge in [-0.15, -0.1) is 0 Å². The Bertz CT molecular complexity index is 1210. The summed E-state index contributed by atoms with van der Waals surface area (Å²) in [5.74, 6) is -0.0913. The molecule has 172 valence electrons. The molecule has 0 heterocycles. The van der Waals surface area contributed by atoms with Crippen molar-refractivity contribution in [1.82, 2.24) is 4.31 Å². The van der Waals surface area contributed by atoms with Gasteiger partial charge in [-0.2, -0.15) is 4.31 Å². The Morgan fingerprint density at radius 3 is 2.27 bits per heavy atom. The van der Waals surface area contributed by atoms with Crippen molar-refractivity contribution in [3.63, 3.8) is 0 Å². The van der Waals surface area contributed by atoms with E-state index in [2.05, 4.69) is 5.32 Å². The van der Waals surface area contributed by atoms with Crippen LogP contribution in [0.3, 0.4) is 0 Å². The van der Waals surface area contributed by atoms with Crippen molar-refractivity contribution in [2.24, 2.45) is 0 Å². The average molecular weight is 467 g/mol. The van der Waals surface area contributed by atoms with E-state index in [-0.39, 0.29) is 23.8 Å². The third-order valence-electron chi connectivity index (χ3n) is 5.06. The Labute approximate surface area is 194 Å². The molecule has 0 aliphatic heterocycles. The fraction of sp³-hybridized carbons (Fsp3) is 0.200. The molecule has 3 aromatic rings. The lowest BCUT2D eigenvalue weighted by Crippen LogP contribution is -2.39. The monoisotopic (exact) mass is 466 g/mol. The summed E-state index contributed by atoms with van der Waals surface area (Å²) in [6, 6.07) is 22.0. The molecule has 0 saturated carbocycles. The number of ether oxygens (including phenoxy) is 1. The largest absolute Gasteiger partial charge is 0.497 e. The number of methoxy groups -OCH3 is 1. The fourth-order valence-electron chi connectivity index (χ4n) is 3.26. The van der Waals surface area contributed by atoms with Crippen molar-refractivity contribution in [2.75, 3.05) is 25.5 Å². The molecule has 0 unspecified atom stereocenters. The highest BCUT2D eigenvalue weighted by Crippen LogP contribution is 2.20. The van der Waals surface area contributed by atoms with Gasteiger partial charge in [-0.25, -0.2) is 8.42 Å². The number of amides is 1. The highest BCUT2D eigenvalue weighted by molar-refractivity contribution is 7.89. The number of carbonyl (C=O) groups is 2. The van der Waals surface area contributed by atoms with Crippen LogP contribution in [0.5, 0.6) is 5.75 Å². The molecule has 1 amide bonds. The Kier molecular flexibility index (Phi) is 7.97. The van der Waals surface area contributed by atoms with E-state index in [9.17, 15) is 18.0 Å². The average Bonchev–Trinajstić information content (AvgIpc) is 2.82. The van der Waals surface area contributed by atoms with E-state index in [0.29, 0.717) is 23.4 Å². The molecule has 7 nitrogen and oxygen atoms in total. The molecular formula is C25H26N2O5S. The second-order valence-corrected chi connectivity index (χ2v) is 9.37. The molecule has 0 aromatic heterocycles. The van der Waals surface area contributed by atoms with Crippen LogP contribution in [0.2, 0.25) is 0 Å². The summed E-state index contributed by atoms with van der Waals surface area (Å²) in [6.07, 6.45) is 0.448. The minimum atomic E-state index is -3.94. The summed E-state index contributed by atoms with van der Waals surface area (Å²) in [5, 5.41) is 2.69. The Morgan fingerprint density at radius 1 is 0.939 bits per heavy atom. The number of sulfonamides is 1. The lowest BCUT2D eigenvalue weighted by Gasteiger charge is -2.22. The second kappa shape index (κ2) is 10.9. The van der Waals surface area contributed by atoms with Crippen LogP contribution in [-0.4, -0.2) is 44.6 Å². The summed E-state index contributed by atoms with van der Waals surface area (Å²) in [7, 11) is -2.44. The molecular weight excluding hydrogens is 440 g/mol. The predicted octanol–water partition coefficient (Wildman–Crippen LogP) is 3.77. The Hall–Kier alpha value is -3.49. The van der Waals surface area contributed by atoms with Crippen molar-refractivity contribution in [3.05, 3.63) is 90.0 Å². The molecule has 0 spiro atoms. The second-order valence-electron chi connectivity index (χ2n) is 7.43. The molecule has 0 aliphatic rings. The molecule has 1 N–H and O–H groups in total. The molecule has 3 rings (SSSR count). The van der Waals surface area contributed by atoms with Crippen LogP contribution in [0.4, 0.5) is 5.69 Å². The van der Waals surface area contributed by atoms with Gasteiger partial charge in [0.1, 0.15) is 5.75 Å². The Morgan fingerprint density at radius 2 is 1.64 bits per heavy atom. The molecule has 0 atom stereocenters. The first-order chi connectivity index (χ1) is 15.8. The lowest BCUT2D eigenvalue weighted by molar-refractivity contribution is -0.116. The number of carbonyl (C=O) groups excluding carboxylic acids is 2. The minimum Gasteiger partial charge on any atom is -0.497 e. The van der Waals surface area contributed by atoms with Crippen LogP contribution in [0.15, 0.2) is 83.8 Å². The Balaban J connectivity index is 1.81. The quantitative estimate of drug-likeness (QED) is 0.459. The lowest BCUT2D eigenvalue weighted by atomic mass is 10.1. The van der Waals surface area contributed by atoms with E-state index in [4.69, 9.17) is 4.74 Å². The van der Waals surface area contributed by atoms with Crippen molar-refractivity contribution in [3.8, 4) is 5.75 Å². The topological polar surface area (TPSA) is 92.8 Å². The van der Waals surface area contributed by atoms with Gasteiger partial charge < -0.3 is 10.1 Å². The standard InChI is InChI=1S/C25H26N2O5S/c1-19(28)21-9-6-10-22(17-21)26-25(29)18-27(16-15-20-7-4-3-5-8-20)33(30,31)24-13-11-23(32-2)12-14-24/h3-14,17H,15-16,18H2,1-2H3,(H,26,29). The van der Waals surface area contributed by atoms with E-state index >= 15 is 0 Å². The molecule has 0 fully saturated rings. The SMILES string of the molecule is COc1ccc(S(=O)(=O)N(CCc2ccccc2)CC(=O)Nc2cccc(C(C)=O)c2)cc1.